The first kappa shape index (κ1) is 19.5. The van der Waals surface area contributed by atoms with Crippen LogP contribution < -0.4 is 4.18 Å². The minimum atomic E-state index is -5.91. The van der Waals surface area contributed by atoms with Gasteiger partial charge in [0, 0.05) is 17.7 Å². The maximum Gasteiger partial charge on any atom is 0.534 e. The van der Waals surface area contributed by atoms with Gasteiger partial charge in [0.2, 0.25) is 5.88 Å². The summed E-state index contributed by atoms with van der Waals surface area (Å²) in [6, 6.07) is 6.35. The van der Waals surface area contributed by atoms with Gasteiger partial charge in [-0.25, -0.2) is 4.98 Å². The van der Waals surface area contributed by atoms with Gasteiger partial charge in [-0.1, -0.05) is 12.1 Å². The Balaban J connectivity index is 2.00. The molecule has 1 fully saturated rings. The van der Waals surface area contributed by atoms with E-state index in [0.29, 0.717) is 5.69 Å². The molecule has 3 rings (SSSR count). The van der Waals surface area contributed by atoms with Crippen LogP contribution >= 0.6 is 0 Å². The fourth-order valence-corrected chi connectivity index (χ4v) is 2.74. The number of rotatable bonds is 4. The van der Waals surface area contributed by atoms with Crippen LogP contribution in [0.25, 0.3) is 11.1 Å². The average molecular weight is 411 g/mol. The van der Waals surface area contributed by atoms with Gasteiger partial charge < -0.3 is 4.18 Å². The summed E-state index contributed by atoms with van der Waals surface area (Å²) in [6.07, 6.45) is -3.10. The van der Waals surface area contributed by atoms with Gasteiger partial charge in [0.1, 0.15) is 0 Å². The second kappa shape index (κ2) is 6.39. The number of hydrogen-bond donors (Lipinski definition) is 0. The van der Waals surface area contributed by atoms with Gasteiger partial charge in [-0.15, -0.1) is 0 Å². The van der Waals surface area contributed by atoms with Crippen molar-refractivity contribution in [1.82, 2.24) is 4.98 Å². The van der Waals surface area contributed by atoms with E-state index in [4.69, 9.17) is 0 Å². The van der Waals surface area contributed by atoms with Crippen LogP contribution in [-0.2, 0) is 16.3 Å². The van der Waals surface area contributed by atoms with E-state index >= 15 is 0 Å². The van der Waals surface area contributed by atoms with E-state index in [1.807, 2.05) is 0 Å². The molecule has 1 aliphatic carbocycles. The predicted octanol–water partition coefficient (Wildman–Crippen LogP) is 4.87. The zero-order valence-corrected chi connectivity index (χ0v) is 14.1. The Kier molecular flexibility index (Phi) is 4.61. The quantitative estimate of drug-likeness (QED) is 0.409. The molecule has 0 aliphatic heterocycles. The fourth-order valence-electron chi connectivity index (χ4n) is 2.33. The van der Waals surface area contributed by atoms with Crippen molar-refractivity contribution in [3.8, 4) is 17.0 Å². The van der Waals surface area contributed by atoms with Crippen molar-refractivity contribution in [2.75, 3.05) is 0 Å². The lowest BCUT2D eigenvalue weighted by molar-refractivity contribution is -0.137. The Morgan fingerprint density at radius 2 is 1.52 bits per heavy atom. The number of halogens is 6. The highest BCUT2D eigenvalue weighted by Crippen LogP contribution is 2.42. The number of pyridine rings is 1. The van der Waals surface area contributed by atoms with Crippen LogP contribution in [0.5, 0.6) is 5.88 Å². The second-order valence-corrected chi connectivity index (χ2v) is 7.49. The normalized spacial score (nSPS) is 15.6. The molecule has 11 heteroatoms. The molecule has 1 saturated carbocycles. The predicted molar refractivity (Wildman–Crippen MR) is 82.3 cm³/mol. The maximum absolute atomic E-state index is 12.7. The van der Waals surface area contributed by atoms with Gasteiger partial charge in [-0.2, -0.15) is 34.8 Å². The molecule has 0 radical (unpaired) electrons. The smallest absolute Gasteiger partial charge is 0.355 e. The zero-order valence-electron chi connectivity index (χ0n) is 13.3. The SMILES string of the molecule is O=S(=O)(Oc1cc(-c2ccc(C(F)(F)F)cc2)cc(C2CC2)n1)C(F)(F)F. The summed E-state index contributed by atoms with van der Waals surface area (Å²) in [4.78, 5) is 3.80. The molecule has 1 aromatic carbocycles. The van der Waals surface area contributed by atoms with Gasteiger partial charge >= 0.3 is 21.8 Å². The molecule has 4 nitrogen and oxygen atoms in total. The molecular weight excluding hydrogens is 400 g/mol. The van der Waals surface area contributed by atoms with E-state index in [2.05, 4.69) is 9.17 Å². The lowest BCUT2D eigenvalue weighted by Crippen LogP contribution is -2.28. The molecule has 0 amide bonds. The summed E-state index contributed by atoms with van der Waals surface area (Å²) in [5, 5.41) is 0. The molecule has 0 atom stereocenters. The number of hydrogen-bond acceptors (Lipinski definition) is 4. The molecule has 0 bridgehead atoms. The first-order valence-corrected chi connectivity index (χ1v) is 8.98. The van der Waals surface area contributed by atoms with E-state index in [1.54, 1.807) is 0 Å². The van der Waals surface area contributed by atoms with Crippen LogP contribution in [-0.4, -0.2) is 18.9 Å². The van der Waals surface area contributed by atoms with Gasteiger partial charge in [-0.05, 0) is 42.2 Å². The van der Waals surface area contributed by atoms with Crippen LogP contribution in [0.1, 0.15) is 30.0 Å². The summed E-state index contributed by atoms with van der Waals surface area (Å²) in [7, 11) is -5.91. The Morgan fingerprint density at radius 3 is 2.00 bits per heavy atom. The molecule has 0 spiro atoms. The third kappa shape index (κ3) is 4.34. The highest BCUT2D eigenvalue weighted by Gasteiger charge is 2.49. The molecule has 1 heterocycles. The second-order valence-electron chi connectivity index (χ2n) is 5.95. The van der Waals surface area contributed by atoms with Crippen molar-refractivity contribution in [2.45, 2.75) is 30.4 Å². The number of alkyl halides is 6. The van der Waals surface area contributed by atoms with Crippen molar-refractivity contribution in [2.24, 2.45) is 0 Å². The van der Waals surface area contributed by atoms with E-state index in [0.717, 1.165) is 43.2 Å². The summed E-state index contributed by atoms with van der Waals surface area (Å²) in [5.41, 5.74) is -5.74. The van der Waals surface area contributed by atoms with Gasteiger partial charge in [0.25, 0.3) is 0 Å². The van der Waals surface area contributed by atoms with Crippen LogP contribution in [0.4, 0.5) is 26.3 Å². The molecule has 27 heavy (non-hydrogen) atoms. The number of nitrogens with zero attached hydrogens (tertiary/aromatic N) is 1. The largest absolute Gasteiger partial charge is 0.534 e. The Hall–Kier alpha value is -2.30. The van der Waals surface area contributed by atoms with Crippen LogP contribution in [0.2, 0.25) is 0 Å². The van der Waals surface area contributed by atoms with Crippen molar-refractivity contribution in [3.05, 3.63) is 47.7 Å². The lowest BCUT2D eigenvalue weighted by atomic mass is 10.0. The van der Waals surface area contributed by atoms with Crippen molar-refractivity contribution >= 4 is 10.1 Å². The number of aromatic nitrogens is 1. The topological polar surface area (TPSA) is 56.3 Å². The van der Waals surface area contributed by atoms with Crippen LogP contribution in [0.15, 0.2) is 36.4 Å². The third-order valence-corrected chi connectivity index (χ3v) is 4.80. The molecule has 0 N–H and O–H groups in total. The first-order valence-electron chi connectivity index (χ1n) is 7.57. The Bertz CT molecular complexity index is 948. The van der Waals surface area contributed by atoms with Crippen LogP contribution in [0, 0.1) is 0 Å². The van der Waals surface area contributed by atoms with E-state index < -0.39 is 33.2 Å². The molecule has 0 unspecified atom stereocenters. The van der Waals surface area contributed by atoms with E-state index in [9.17, 15) is 34.8 Å². The molecule has 2 aromatic rings. The van der Waals surface area contributed by atoms with Crippen molar-refractivity contribution < 1.29 is 38.9 Å². The maximum atomic E-state index is 12.7. The van der Waals surface area contributed by atoms with Gasteiger partial charge in [-0.3, -0.25) is 0 Å². The summed E-state index contributed by atoms with van der Waals surface area (Å²) in [6.45, 7) is 0. The fraction of sp³-hybridized carbons (Fsp3) is 0.312. The summed E-state index contributed by atoms with van der Waals surface area (Å²) < 4.78 is 102. The van der Waals surface area contributed by atoms with Gasteiger partial charge in [0.05, 0.1) is 5.56 Å². The molecule has 0 saturated heterocycles. The zero-order chi connectivity index (χ0) is 20.0. The van der Waals surface area contributed by atoms with Crippen LogP contribution in [0.3, 0.4) is 0 Å². The lowest BCUT2D eigenvalue weighted by Gasteiger charge is -2.12. The molecular formula is C16H11F6NO3S. The Morgan fingerprint density at radius 1 is 0.926 bits per heavy atom. The minimum Gasteiger partial charge on any atom is -0.355 e. The molecule has 1 aromatic heterocycles. The molecule has 146 valence electrons. The minimum absolute atomic E-state index is 0.0599. The van der Waals surface area contributed by atoms with E-state index in [-0.39, 0.29) is 17.0 Å². The van der Waals surface area contributed by atoms with E-state index in [1.165, 1.54) is 6.07 Å². The third-order valence-electron chi connectivity index (χ3n) is 3.84. The monoisotopic (exact) mass is 411 g/mol. The average Bonchev–Trinajstić information content (AvgIpc) is 3.37. The first-order chi connectivity index (χ1) is 12.4. The highest BCUT2D eigenvalue weighted by molar-refractivity contribution is 7.87. The molecule has 1 aliphatic rings. The van der Waals surface area contributed by atoms with Crippen molar-refractivity contribution in [3.63, 3.8) is 0 Å². The summed E-state index contributed by atoms with van der Waals surface area (Å²) in [5.74, 6) is -0.845. The highest BCUT2D eigenvalue weighted by atomic mass is 32.2. The standard InChI is InChI=1S/C16H11F6NO3S/c17-15(18,19)12-5-3-9(4-6-12)11-7-13(10-1-2-10)23-14(8-11)26-27(24,25)16(20,21)22/h3-8,10H,1-2H2. The van der Waals surface area contributed by atoms with Gasteiger partial charge in [0.15, 0.2) is 0 Å². The number of benzene rings is 1. The van der Waals surface area contributed by atoms with Crippen molar-refractivity contribution in [1.29, 1.82) is 0 Å². The summed E-state index contributed by atoms with van der Waals surface area (Å²) >= 11 is 0. The Labute approximate surface area is 149 Å².